The molecule has 1 heterocycles. The van der Waals surface area contributed by atoms with E-state index in [-0.39, 0.29) is 0 Å². The molecule has 0 spiro atoms. The molecule has 0 saturated carbocycles. The van der Waals surface area contributed by atoms with Crippen LogP contribution in [0.5, 0.6) is 0 Å². The van der Waals surface area contributed by atoms with Gasteiger partial charge in [-0.15, -0.1) is 0 Å². The van der Waals surface area contributed by atoms with Crippen LogP contribution in [-0.4, -0.2) is 48.0 Å². The molecule has 0 fully saturated rings. The van der Waals surface area contributed by atoms with Crippen molar-refractivity contribution in [3.05, 3.63) is 0 Å². The average molecular weight is 243 g/mol. The fourth-order valence-electron chi connectivity index (χ4n) is 1.79. The average Bonchev–Trinajstić information content (AvgIpc) is 2.76. The second-order valence-electron chi connectivity index (χ2n) is 4.15. The topological polar surface area (TPSA) is 27.6 Å². The first-order valence-corrected chi connectivity index (χ1v) is 7.35. The third-order valence-electron chi connectivity index (χ3n) is 2.86. The quantitative estimate of drug-likeness (QED) is 0.743. The smallest absolute Gasteiger partial charge is 0.156 e. The van der Waals surface area contributed by atoms with Gasteiger partial charge in [-0.05, 0) is 25.9 Å². The molecule has 0 saturated heterocycles. The zero-order valence-electron chi connectivity index (χ0n) is 10.8. The highest BCUT2D eigenvalue weighted by atomic mass is 32.2. The molecule has 16 heavy (non-hydrogen) atoms. The van der Waals surface area contributed by atoms with Crippen molar-refractivity contribution in [3.8, 4) is 0 Å². The van der Waals surface area contributed by atoms with Gasteiger partial charge in [-0.1, -0.05) is 32.5 Å². The van der Waals surface area contributed by atoms with Crippen molar-refractivity contribution in [2.75, 3.05) is 32.7 Å². The van der Waals surface area contributed by atoms with E-state index in [0.717, 1.165) is 31.3 Å². The van der Waals surface area contributed by atoms with Crippen LogP contribution in [0.1, 0.15) is 33.6 Å². The molecule has 94 valence electrons. The molecule has 1 aliphatic rings. The van der Waals surface area contributed by atoms with Crippen molar-refractivity contribution in [2.45, 2.75) is 38.9 Å². The van der Waals surface area contributed by atoms with E-state index in [2.05, 4.69) is 36.0 Å². The Kier molecular flexibility index (Phi) is 6.88. The number of aliphatic imine (C=N–C) groups is 1. The summed E-state index contributed by atoms with van der Waals surface area (Å²) in [4.78, 5) is 6.98. The Balaban J connectivity index is 2.11. The molecule has 1 atom stereocenters. The highest BCUT2D eigenvalue weighted by Gasteiger charge is 2.16. The molecule has 0 bridgehead atoms. The number of hydrogen-bond donors (Lipinski definition) is 1. The molecule has 0 aromatic carbocycles. The minimum atomic E-state index is 0.709. The SMILES string of the molecule is CCCN(CC)CCNC1=NCC(CC)S1. The number of rotatable bonds is 7. The molecule has 3 nitrogen and oxygen atoms in total. The van der Waals surface area contributed by atoms with Gasteiger partial charge in [-0.2, -0.15) is 0 Å². The van der Waals surface area contributed by atoms with Gasteiger partial charge in [0.2, 0.25) is 0 Å². The van der Waals surface area contributed by atoms with Gasteiger partial charge in [0.25, 0.3) is 0 Å². The lowest BCUT2D eigenvalue weighted by molar-refractivity contribution is 0.293. The van der Waals surface area contributed by atoms with Crippen molar-refractivity contribution >= 4 is 16.9 Å². The first-order valence-electron chi connectivity index (χ1n) is 6.47. The van der Waals surface area contributed by atoms with E-state index < -0.39 is 0 Å². The molecule has 1 unspecified atom stereocenters. The van der Waals surface area contributed by atoms with Crippen LogP contribution in [0.4, 0.5) is 0 Å². The van der Waals surface area contributed by atoms with E-state index in [4.69, 9.17) is 0 Å². The standard InChI is InChI=1S/C12H25N3S/c1-4-8-15(6-3)9-7-13-12-14-10-11(5-2)16-12/h11H,4-10H2,1-3H3,(H,13,14). The Morgan fingerprint density at radius 1 is 1.38 bits per heavy atom. The maximum absolute atomic E-state index is 4.51. The van der Waals surface area contributed by atoms with Crippen LogP contribution in [0.3, 0.4) is 0 Å². The number of thioether (sulfide) groups is 1. The van der Waals surface area contributed by atoms with Crippen LogP contribution in [-0.2, 0) is 0 Å². The molecule has 1 aliphatic heterocycles. The fraction of sp³-hybridized carbons (Fsp3) is 0.917. The second-order valence-corrected chi connectivity index (χ2v) is 5.44. The fourth-order valence-corrected chi connectivity index (χ4v) is 2.76. The molecule has 4 heteroatoms. The summed E-state index contributed by atoms with van der Waals surface area (Å²) in [7, 11) is 0. The number of likely N-dealkylation sites (N-methyl/N-ethyl adjacent to an activating group) is 1. The minimum Gasteiger partial charge on any atom is -0.364 e. The highest BCUT2D eigenvalue weighted by Crippen LogP contribution is 2.21. The van der Waals surface area contributed by atoms with Crippen LogP contribution in [0.25, 0.3) is 0 Å². The Morgan fingerprint density at radius 2 is 2.19 bits per heavy atom. The van der Waals surface area contributed by atoms with Gasteiger partial charge >= 0.3 is 0 Å². The summed E-state index contributed by atoms with van der Waals surface area (Å²) in [5, 5.41) is 5.30. The Bertz CT molecular complexity index is 218. The molecule has 0 aliphatic carbocycles. The van der Waals surface area contributed by atoms with Gasteiger partial charge in [0, 0.05) is 18.3 Å². The van der Waals surface area contributed by atoms with E-state index in [1.165, 1.54) is 19.4 Å². The normalized spacial score (nSPS) is 20.2. The Morgan fingerprint density at radius 3 is 2.75 bits per heavy atom. The van der Waals surface area contributed by atoms with E-state index in [1.54, 1.807) is 0 Å². The Hall–Kier alpha value is -0.220. The van der Waals surface area contributed by atoms with Gasteiger partial charge in [-0.3, -0.25) is 4.99 Å². The summed E-state index contributed by atoms with van der Waals surface area (Å²) in [6, 6.07) is 0. The molecule has 0 radical (unpaired) electrons. The lowest BCUT2D eigenvalue weighted by Crippen LogP contribution is -2.34. The van der Waals surface area contributed by atoms with Crippen molar-refractivity contribution < 1.29 is 0 Å². The summed E-state index contributed by atoms with van der Waals surface area (Å²) in [5.41, 5.74) is 0. The number of nitrogens with one attached hydrogen (secondary N) is 1. The van der Waals surface area contributed by atoms with Crippen molar-refractivity contribution in [1.82, 2.24) is 10.2 Å². The van der Waals surface area contributed by atoms with Gasteiger partial charge in [0.1, 0.15) is 0 Å². The third-order valence-corrected chi connectivity index (χ3v) is 4.18. The van der Waals surface area contributed by atoms with Crippen molar-refractivity contribution in [2.24, 2.45) is 4.99 Å². The van der Waals surface area contributed by atoms with Crippen LogP contribution >= 0.6 is 11.8 Å². The number of nitrogens with zero attached hydrogens (tertiary/aromatic N) is 2. The predicted octanol–water partition coefficient (Wildman–Crippen LogP) is 2.19. The highest BCUT2D eigenvalue weighted by molar-refractivity contribution is 8.14. The molecule has 0 amide bonds. The zero-order valence-corrected chi connectivity index (χ0v) is 11.6. The number of amidine groups is 1. The van der Waals surface area contributed by atoms with Crippen LogP contribution < -0.4 is 5.32 Å². The van der Waals surface area contributed by atoms with E-state index in [9.17, 15) is 0 Å². The first kappa shape index (κ1) is 13.8. The van der Waals surface area contributed by atoms with Crippen molar-refractivity contribution in [3.63, 3.8) is 0 Å². The van der Waals surface area contributed by atoms with Gasteiger partial charge in [0.15, 0.2) is 5.17 Å². The zero-order chi connectivity index (χ0) is 11.8. The molecule has 1 rings (SSSR count). The first-order chi connectivity index (χ1) is 7.80. The summed E-state index contributed by atoms with van der Waals surface area (Å²) in [5.74, 6) is 0. The molecule has 0 aromatic rings. The molecular weight excluding hydrogens is 218 g/mol. The van der Waals surface area contributed by atoms with Gasteiger partial charge in [0.05, 0.1) is 6.54 Å². The van der Waals surface area contributed by atoms with Crippen molar-refractivity contribution in [1.29, 1.82) is 0 Å². The summed E-state index contributed by atoms with van der Waals surface area (Å²) in [6.07, 6.45) is 2.46. The minimum absolute atomic E-state index is 0.709. The molecule has 0 aromatic heterocycles. The van der Waals surface area contributed by atoms with Crippen LogP contribution in [0, 0.1) is 0 Å². The number of hydrogen-bond acceptors (Lipinski definition) is 4. The van der Waals surface area contributed by atoms with E-state index in [1.807, 2.05) is 11.8 Å². The maximum atomic E-state index is 4.51. The van der Waals surface area contributed by atoms with E-state index >= 15 is 0 Å². The largest absolute Gasteiger partial charge is 0.364 e. The van der Waals surface area contributed by atoms with Gasteiger partial charge in [-0.25, -0.2) is 0 Å². The monoisotopic (exact) mass is 243 g/mol. The van der Waals surface area contributed by atoms with Crippen LogP contribution in [0.15, 0.2) is 4.99 Å². The molecular formula is C12H25N3S. The lowest BCUT2D eigenvalue weighted by Gasteiger charge is -2.19. The third kappa shape index (κ3) is 4.74. The lowest BCUT2D eigenvalue weighted by atomic mass is 10.3. The van der Waals surface area contributed by atoms with E-state index in [0.29, 0.717) is 5.25 Å². The second kappa shape index (κ2) is 7.96. The summed E-state index contributed by atoms with van der Waals surface area (Å²) < 4.78 is 0. The predicted molar refractivity (Wildman–Crippen MR) is 74.4 cm³/mol. The summed E-state index contributed by atoms with van der Waals surface area (Å²) >= 11 is 1.90. The van der Waals surface area contributed by atoms with Crippen LogP contribution in [0.2, 0.25) is 0 Å². The van der Waals surface area contributed by atoms with Gasteiger partial charge < -0.3 is 10.2 Å². The Labute approximate surface area is 104 Å². The molecule has 1 N–H and O–H groups in total. The summed E-state index contributed by atoms with van der Waals surface area (Å²) in [6.45, 7) is 12.2. The maximum Gasteiger partial charge on any atom is 0.156 e.